The predicted molar refractivity (Wildman–Crippen MR) is 118 cm³/mol. The first-order chi connectivity index (χ1) is 14.5. The maximum Gasteiger partial charge on any atom is 0.244 e. The fraction of sp³-hybridized carbons (Fsp3) is 0.520. The van der Waals surface area contributed by atoms with E-state index in [4.69, 9.17) is 0 Å². The molecule has 2 amide bonds. The van der Waals surface area contributed by atoms with Gasteiger partial charge < -0.3 is 10.2 Å². The quantitative estimate of drug-likeness (QED) is 0.731. The van der Waals surface area contributed by atoms with Crippen LogP contribution in [0.15, 0.2) is 35.7 Å². The number of rotatable bonds is 2. The van der Waals surface area contributed by atoms with Crippen LogP contribution in [0.3, 0.4) is 0 Å². The van der Waals surface area contributed by atoms with Gasteiger partial charge in [-0.25, -0.2) is 0 Å². The Bertz CT molecular complexity index is 977. The Kier molecular flexibility index (Phi) is 4.14. The molecule has 4 fully saturated rings. The maximum atomic E-state index is 14.3. The number of benzene rings is 1. The molecular formula is C25H28N2O2S. The van der Waals surface area contributed by atoms with Gasteiger partial charge in [0, 0.05) is 16.1 Å². The van der Waals surface area contributed by atoms with E-state index in [1.807, 2.05) is 23.1 Å². The van der Waals surface area contributed by atoms with Crippen molar-refractivity contribution in [2.75, 3.05) is 11.9 Å². The van der Waals surface area contributed by atoms with E-state index in [0.717, 1.165) is 41.0 Å². The summed E-state index contributed by atoms with van der Waals surface area (Å²) in [4.78, 5) is 30.3. The summed E-state index contributed by atoms with van der Waals surface area (Å²) in [7, 11) is 0. The highest BCUT2D eigenvalue weighted by Gasteiger charge is 2.56. The van der Waals surface area contributed by atoms with Crippen molar-refractivity contribution < 1.29 is 9.59 Å². The Balaban J connectivity index is 1.46. The monoisotopic (exact) mass is 420 g/mol. The van der Waals surface area contributed by atoms with Crippen LogP contribution in [0.25, 0.3) is 0 Å². The summed E-state index contributed by atoms with van der Waals surface area (Å²) in [5.41, 5.74) is 2.78. The lowest BCUT2D eigenvalue weighted by Crippen LogP contribution is -2.55. The van der Waals surface area contributed by atoms with Crippen molar-refractivity contribution >= 4 is 28.8 Å². The zero-order valence-electron chi connectivity index (χ0n) is 17.4. The minimum absolute atomic E-state index is 0.0859. The van der Waals surface area contributed by atoms with E-state index in [0.29, 0.717) is 17.8 Å². The Hall–Kier alpha value is -2.14. The van der Waals surface area contributed by atoms with Crippen LogP contribution in [-0.4, -0.2) is 23.3 Å². The number of nitrogens with zero attached hydrogens (tertiary/aromatic N) is 1. The normalized spacial score (nSPS) is 34.4. The van der Waals surface area contributed by atoms with Crippen molar-refractivity contribution in [1.29, 1.82) is 0 Å². The van der Waals surface area contributed by atoms with E-state index >= 15 is 0 Å². The van der Waals surface area contributed by atoms with Crippen molar-refractivity contribution in [3.63, 3.8) is 0 Å². The van der Waals surface area contributed by atoms with Gasteiger partial charge in [-0.15, -0.1) is 11.3 Å². The third-order valence-electron chi connectivity index (χ3n) is 7.97. The molecule has 1 aliphatic heterocycles. The zero-order valence-corrected chi connectivity index (χ0v) is 18.2. The molecule has 4 aliphatic carbocycles. The van der Waals surface area contributed by atoms with Gasteiger partial charge in [0.1, 0.15) is 6.54 Å². The summed E-state index contributed by atoms with van der Waals surface area (Å²) >= 11 is 1.67. The van der Waals surface area contributed by atoms with Crippen LogP contribution in [-0.2, 0) is 9.59 Å². The number of hydrogen-bond acceptors (Lipinski definition) is 3. The minimum atomic E-state index is -0.251. The van der Waals surface area contributed by atoms with Crippen molar-refractivity contribution in [1.82, 2.24) is 4.90 Å². The standard InChI is InChI=1S/C25H28N2O2S/c1-15-4-5-20-19(7-15)23(21-3-2-6-30-21)27(14-22(28)26-20)24(29)25-11-16-8-17(12-25)10-18(9-16)13-25/h2-7,16-18,23H,8-14H2,1H3,(H,26,28). The SMILES string of the molecule is Cc1ccc2c(c1)C(c1cccs1)N(C(=O)C13CC4CC(CC(C4)C1)C3)CC(=O)N2. The van der Waals surface area contributed by atoms with Gasteiger partial charge in [-0.2, -0.15) is 0 Å². The zero-order chi connectivity index (χ0) is 20.5. The molecule has 156 valence electrons. The van der Waals surface area contributed by atoms with E-state index in [1.54, 1.807) is 11.3 Å². The summed E-state index contributed by atoms with van der Waals surface area (Å²) in [5.74, 6) is 2.25. The molecule has 0 saturated heterocycles. The number of carbonyl (C=O) groups excluding carboxylic acids is 2. The highest BCUT2D eigenvalue weighted by Crippen LogP contribution is 2.61. The number of fused-ring (bicyclic) bond motifs is 1. The van der Waals surface area contributed by atoms with Crippen LogP contribution >= 0.6 is 11.3 Å². The van der Waals surface area contributed by atoms with Crippen molar-refractivity contribution in [2.24, 2.45) is 23.2 Å². The van der Waals surface area contributed by atoms with Crippen LogP contribution in [0.5, 0.6) is 0 Å². The number of anilines is 1. The average Bonchev–Trinajstić information content (AvgIpc) is 3.17. The number of nitrogens with one attached hydrogen (secondary N) is 1. The molecule has 4 nitrogen and oxygen atoms in total. The molecule has 1 atom stereocenters. The number of amides is 2. The molecule has 7 rings (SSSR count). The van der Waals surface area contributed by atoms with Gasteiger partial charge in [0.25, 0.3) is 0 Å². The Labute approximate surface area is 181 Å². The van der Waals surface area contributed by atoms with E-state index in [-0.39, 0.29) is 29.8 Å². The lowest BCUT2D eigenvalue weighted by atomic mass is 9.49. The summed E-state index contributed by atoms with van der Waals surface area (Å²) in [6.07, 6.45) is 6.99. The summed E-state index contributed by atoms with van der Waals surface area (Å²) in [6, 6.07) is 10.1. The van der Waals surface area contributed by atoms with Gasteiger partial charge in [0.15, 0.2) is 0 Å². The first-order valence-electron chi connectivity index (χ1n) is 11.3. The third-order valence-corrected chi connectivity index (χ3v) is 8.89. The number of hydrogen-bond donors (Lipinski definition) is 1. The summed E-state index contributed by atoms with van der Waals surface area (Å²) in [6.45, 7) is 2.21. The predicted octanol–water partition coefficient (Wildman–Crippen LogP) is 5.14. The van der Waals surface area contributed by atoms with Gasteiger partial charge in [-0.3, -0.25) is 9.59 Å². The highest BCUT2D eigenvalue weighted by atomic mass is 32.1. The molecule has 2 aromatic rings. The molecule has 4 bridgehead atoms. The number of thiophene rings is 1. The van der Waals surface area contributed by atoms with Crippen LogP contribution < -0.4 is 5.32 Å². The largest absolute Gasteiger partial charge is 0.324 e. The second-order valence-electron chi connectivity index (χ2n) is 10.2. The molecule has 5 aliphatic rings. The van der Waals surface area contributed by atoms with Gasteiger partial charge in [-0.1, -0.05) is 23.8 Å². The topological polar surface area (TPSA) is 49.4 Å². The second kappa shape index (κ2) is 6.68. The Morgan fingerprint density at radius 3 is 2.43 bits per heavy atom. The molecule has 1 aromatic carbocycles. The van der Waals surface area contributed by atoms with E-state index in [2.05, 4.69) is 29.8 Å². The van der Waals surface area contributed by atoms with E-state index in [9.17, 15) is 9.59 Å². The minimum Gasteiger partial charge on any atom is -0.324 e. The van der Waals surface area contributed by atoms with Gasteiger partial charge in [-0.05, 0) is 80.7 Å². The number of carbonyl (C=O) groups is 2. The molecule has 0 spiro atoms. The van der Waals surface area contributed by atoms with Crippen LogP contribution in [0, 0.1) is 30.1 Å². The second-order valence-corrected chi connectivity index (χ2v) is 11.2. The summed E-state index contributed by atoms with van der Waals surface area (Å²) < 4.78 is 0. The molecule has 1 aromatic heterocycles. The van der Waals surface area contributed by atoms with Gasteiger partial charge in [0.05, 0.1) is 11.5 Å². The molecular weight excluding hydrogens is 392 g/mol. The molecule has 1 N–H and O–H groups in total. The fourth-order valence-corrected chi connectivity index (χ4v) is 8.10. The van der Waals surface area contributed by atoms with Gasteiger partial charge >= 0.3 is 0 Å². The lowest BCUT2D eigenvalue weighted by molar-refractivity contribution is -0.160. The van der Waals surface area contributed by atoms with Crippen LogP contribution in [0.4, 0.5) is 5.69 Å². The van der Waals surface area contributed by atoms with Crippen molar-refractivity contribution in [2.45, 2.75) is 51.5 Å². The first-order valence-corrected chi connectivity index (χ1v) is 12.1. The molecule has 30 heavy (non-hydrogen) atoms. The van der Waals surface area contributed by atoms with E-state index < -0.39 is 0 Å². The fourth-order valence-electron chi connectivity index (χ4n) is 7.25. The first kappa shape index (κ1) is 18.6. The Morgan fingerprint density at radius 2 is 1.80 bits per heavy atom. The highest BCUT2D eigenvalue weighted by molar-refractivity contribution is 7.10. The smallest absolute Gasteiger partial charge is 0.244 e. The average molecular weight is 421 g/mol. The molecule has 0 radical (unpaired) electrons. The van der Waals surface area contributed by atoms with Crippen molar-refractivity contribution in [3.05, 3.63) is 51.7 Å². The van der Waals surface area contributed by atoms with Crippen molar-refractivity contribution in [3.8, 4) is 0 Å². The lowest BCUT2D eigenvalue weighted by Gasteiger charge is -2.57. The van der Waals surface area contributed by atoms with E-state index in [1.165, 1.54) is 19.3 Å². The molecule has 2 heterocycles. The molecule has 4 saturated carbocycles. The molecule has 5 heteroatoms. The number of aryl methyl sites for hydroxylation is 1. The van der Waals surface area contributed by atoms with Gasteiger partial charge in [0.2, 0.25) is 11.8 Å². The summed E-state index contributed by atoms with van der Waals surface area (Å²) in [5, 5.41) is 5.14. The van der Waals surface area contributed by atoms with Crippen LogP contribution in [0.1, 0.15) is 60.6 Å². The maximum absolute atomic E-state index is 14.3. The van der Waals surface area contributed by atoms with Crippen LogP contribution in [0.2, 0.25) is 0 Å². The Morgan fingerprint density at radius 1 is 1.10 bits per heavy atom. The third kappa shape index (κ3) is 2.85. The molecule has 1 unspecified atom stereocenters.